The molecule has 0 atom stereocenters. The molecule has 0 bridgehead atoms. The third kappa shape index (κ3) is 6.41. The van der Waals surface area contributed by atoms with Crippen molar-refractivity contribution >= 4 is 0 Å². The first kappa shape index (κ1) is 17.5. The summed E-state index contributed by atoms with van der Waals surface area (Å²) in [6.07, 6.45) is 5.07. The lowest BCUT2D eigenvalue weighted by molar-refractivity contribution is 0.302. The number of nitrogens with one attached hydrogen (secondary N) is 1. The summed E-state index contributed by atoms with van der Waals surface area (Å²) in [6, 6.07) is 14.5. The van der Waals surface area contributed by atoms with Gasteiger partial charge in [0.1, 0.15) is 18.2 Å². The van der Waals surface area contributed by atoms with Gasteiger partial charge in [0.15, 0.2) is 0 Å². The first-order chi connectivity index (χ1) is 11.3. The maximum absolute atomic E-state index is 12.9. The van der Waals surface area contributed by atoms with Crippen LogP contribution in [0.3, 0.4) is 0 Å². The molecule has 1 N–H and O–H groups in total. The summed E-state index contributed by atoms with van der Waals surface area (Å²) in [5.74, 6) is 0.666. The van der Waals surface area contributed by atoms with Gasteiger partial charge in [-0.25, -0.2) is 4.39 Å². The molecule has 0 heterocycles. The molecule has 2 aromatic rings. The summed E-state index contributed by atoms with van der Waals surface area (Å²) in [5, 5.41) is 3.48. The molecule has 2 aromatic carbocycles. The van der Waals surface area contributed by atoms with E-state index in [-0.39, 0.29) is 5.82 Å². The lowest BCUT2D eigenvalue weighted by Crippen LogP contribution is -2.15. The molecule has 0 saturated carbocycles. The Labute approximate surface area is 138 Å². The van der Waals surface area contributed by atoms with Gasteiger partial charge in [-0.1, -0.05) is 56.5 Å². The fourth-order valence-corrected chi connectivity index (χ4v) is 2.43. The van der Waals surface area contributed by atoms with E-state index in [0.717, 1.165) is 30.0 Å². The number of halogens is 1. The third-order valence-electron chi connectivity index (χ3n) is 3.80. The average Bonchev–Trinajstić information content (AvgIpc) is 2.58. The minimum Gasteiger partial charge on any atom is -0.489 e. The summed E-state index contributed by atoms with van der Waals surface area (Å²) in [7, 11) is 0. The molecule has 0 aliphatic heterocycles. The van der Waals surface area contributed by atoms with Crippen LogP contribution in [-0.2, 0) is 13.2 Å². The van der Waals surface area contributed by atoms with Crippen LogP contribution in [0.15, 0.2) is 48.5 Å². The average molecular weight is 315 g/mol. The first-order valence-corrected chi connectivity index (χ1v) is 8.45. The number of hydrogen-bond acceptors (Lipinski definition) is 2. The predicted octanol–water partition coefficient (Wildman–Crippen LogP) is 5.07. The maximum atomic E-state index is 12.9. The molecule has 2 nitrogen and oxygen atoms in total. The Kier molecular flexibility index (Phi) is 7.61. The van der Waals surface area contributed by atoms with Gasteiger partial charge in [-0.2, -0.15) is 0 Å². The Balaban J connectivity index is 1.81. The molecule has 0 aliphatic rings. The molecule has 0 unspecified atom stereocenters. The molecule has 23 heavy (non-hydrogen) atoms. The molecule has 3 heteroatoms. The fraction of sp³-hybridized carbons (Fsp3) is 0.400. The van der Waals surface area contributed by atoms with E-state index in [1.54, 1.807) is 12.1 Å². The van der Waals surface area contributed by atoms with E-state index in [0.29, 0.717) is 6.61 Å². The Morgan fingerprint density at radius 2 is 1.74 bits per heavy atom. The van der Waals surface area contributed by atoms with Crippen LogP contribution in [0.25, 0.3) is 0 Å². The normalized spacial score (nSPS) is 10.7. The van der Waals surface area contributed by atoms with Gasteiger partial charge in [0.05, 0.1) is 0 Å². The number of unbranched alkanes of at least 4 members (excludes halogenated alkanes) is 3. The summed E-state index contributed by atoms with van der Waals surface area (Å²) in [6.45, 7) is 4.52. The van der Waals surface area contributed by atoms with Crippen LogP contribution < -0.4 is 10.1 Å². The quantitative estimate of drug-likeness (QED) is 0.618. The van der Waals surface area contributed by atoms with E-state index < -0.39 is 0 Å². The number of ether oxygens (including phenoxy) is 1. The number of hydrogen-bond donors (Lipinski definition) is 1. The Bertz CT molecular complexity index is 568. The maximum Gasteiger partial charge on any atom is 0.124 e. The Morgan fingerprint density at radius 1 is 0.957 bits per heavy atom. The van der Waals surface area contributed by atoms with Gasteiger partial charge in [0, 0.05) is 12.1 Å². The van der Waals surface area contributed by atoms with Gasteiger partial charge in [-0.3, -0.25) is 0 Å². The molecule has 0 saturated heterocycles. The van der Waals surface area contributed by atoms with Crippen molar-refractivity contribution in [2.75, 3.05) is 6.54 Å². The molecule has 0 spiro atoms. The minimum atomic E-state index is -0.221. The van der Waals surface area contributed by atoms with Crippen LogP contribution in [0.1, 0.15) is 43.7 Å². The zero-order valence-corrected chi connectivity index (χ0v) is 13.9. The van der Waals surface area contributed by atoms with Crippen LogP contribution in [0, 0.1) is 5.82 Å². The molecule has 124 valence electrons. The smallest absolute Gasteiger partial charge is 0.124 e. The molecule has 0 aromatic heterocycles. The fourth-order valence-electron chi connectivity index (χ4n) is 2.43. The molecule has 0 fully saturated rings. The largest absolute Gasteiger partial charge is 0.489 e. The van der Waals surface area contributed by atoms with Crippen molar-refractivity contribution in [3.05, 3.63) is 65.5 Å². The second-order valence-electron chi connectivity index (χ2n) is 5.76. The highest BCUT2D eigenvalue weighted by Gasteiger charge is 2.03. The summed E-state index contributed by atoms with van der Waals surface area (Å²) in [5.41, 5.74) is 2.12. The van der Waals surface area contributed by atoms with Crippen molar-refractivity contribution in [1.82, 2.24) is 5.32 Å². The first-order valence-electron chi connectivity index (χ1n) is 8.45. The highest BCUT2D eigenvalue weighted by Crippen LogP contribution is 2.19. The summed E-state index contributed by atoms with van der Waals surface area (Å²) < 4.78 is 18.8. The monoisotopic (exact) mass is 315 g/mol. The van der Waals surface area contributed by atoms with E-state index in [2.05, 4.69) is 18.3 Å². The SMILES string of the molecule is CCCCCCNCc1ccccc1OCc1ccc(F)cc1. The van der Waals surface area contributed by atoms with Crippen LogP contribution in [0.2, 0.25) is 0 Å². The van der Waals surface area contributed by atoms with E-state index in [9.17, 15) is 4.39 Å². The van der Waals surface area contributed by atoms with Crippen LogP contribution in [0.4, 0.5) is 4.39 Å². The summed E-state index contributed by atoms with van der Waals surface area (Å²) in [4.78, 5) is 0. The van der Waals surface area contributed by atoms with Crippen molar-refractivity contribution in [2.24, 2.45) is 0 Å². The molecule has 2 rings (SSSR count). The van der Waals surface area contributed by atoms with Crippen LogP contribution >= 0.6 is 0 Å². The van der Waals surface area contributed by atoms with Crippen LogP contribution in [-0.4, -0.2) is 6.54 Å². The topological polar surface area (TPSA) is 21.3 Å². The lowest BCUT2D eigenvalue weighted by Gasteiger charge is -2.12. The van der Waals surface area contributed by atoms with E-state index >= 15 is 0 Å². The zero-order valence-electron chi connectivity index (χ0n) is 13.9. The lowest BCUT2D eigenvalue weighted by atomic mass is 10.2. The molecule has 0 aliphatic carbocycles. The Hall–Kier alpha value is -1.87. The third-order valence-corrected chi connectivity index (χ3v) is 3.80. The number of rotatable bonds is 10. The van der Waals surface area contributed by atoms with Crippen molar-refractivity contribution < 1.29 is 9.13 Å². The highest BCUT2D eigenvalue weighted by atomic mass is 19.1. The van der Waals surface area contributed by atoms with Gasteiger partial charge in [0.25, 0.3) is 0 Å². The molecule has 0 amide bonds. The molecular formula is C20H26FNO. The van der Waals surface area contributed by atoms with Gasteiger partial charge < -0.3 is 10.1 Å². The number of para-hydroxylation sites is 1. The molecule has 0 radical (unpaired) electrons. The second kappa shape index (κ2) is 10.0. The minimum absolute atomic E-state index is 0.221. The highest BCUT2D eigenvalue weighted by molar-refractivity contribution is 5.33. The van der Waals surface area contributed by atoms with E-state index in [1.165, 1.54) is 37.8 Å². The standard InChI is InChI=1S/C20H26FNO/c1-2-3-4-7-14-22-15-18-8-5-6-9-20(18)23-16-17-10-12-19(21)13-11-17/h5-6,8-13,22H,2-4,7,14-16H2,1H3. The number of benzene rings is 2. The summed E-state index contributed by atoms with van der Waals surface area (Å²) >= 11 is 0. The van der Waals surface area contributed by atoms with E-state index in [1.807, 2.05) is 18.2 Å². The van der Waals surface area contributed by atoms with Gasteiger partial charge in [-0.15, -0.1) is 0 Å². The molecular weight excluding hydrogens is 289 g/mol. The van der Waals surface area contributed by atoms with Crippen molar-refractivity contribution in [3.63, 3.8) is 0 Å². The van der Waals surface area contributed by atoms with Crippen molar-refractivity contribution in [1.29, 1.82) is 0 Å². The zero-order chi connectivity index (χ0) is 16.3. The van der Waals surface area contributed by atoms with Crippen molar-refractivity contribution in [2.45, 2.75) is 45.8 Å². The van der Waals surface area contributed by atoms with Gasteiger partial charge in [-0.05, 0) is 36.7 Å². The van der Waals surface area contributed by atoms with E-state index in [4.69, 9.17) is 4.74 Å². The van der Waals surface area contributed by atoms with Gasteiger partial charge >= 0.3 is 0 Å². The predicted molar refractivity (Wildman–Crippen MR) is 93.0 cm³/mol. The van der Waals surface area contributed by atoms with Crippen LogP contribution in [0.5, 0.6) is 5.75 Å². The Morgan fingerprint density at radius 3 is 2.52 bits per heavy atom. The second-order valence-corrected chi connectivity index (χ2v) is 5.76. The van der Waals surface area contributed by atoms with Crippen molar-refractivity contribution in [3.8, 4) is 5.75 Å². The van der Waals surface area contributed by atoms with Gasteiger partial charge in [0.2, 0.25) is 0 Å².